The number of benzene rings is 4. The van der Waals surface area contributed by atoms with Crippen molar-refractivity contribution in [2.45, 2.75) is 19.6 Å². The van der Waals surface area contributed by atoms with E-state index >= 15 is 0 Å². The first-order valence-electron chi connectivity index (χ1n) is 11.3. The summed E-state index contributed by atoms with van der Waals surface area (Å²) in [5, 5.41) is 14.8. The summed E-state index contributed by atoms with van der Waals surface area (Å²) in [6.07, 6.45) is 1.54. The Hall–Kier alpha value is -4.56. The molecule has 0 spiro atoms. The third-order valence-corrected chi connectivity index (χ3v) is 5.72. The molecule has 0 unspecified atom stereocenters. The van der Waals surface area contributed by atoms with E-state index in [-0.39, 0.29) is 11.6 Å². The van der Waals surface area contributed by atoms with Crippen LogP contribution in [0.1, 0.15) is 29.7 Å². The van der Waals surface area contributed by atoms with Crippen LogP contribution in [0, 0.1) is 11.3 Å². The molecular formula is C30H26N2O3. The highest BCUT2D eigenvalue weighted by atomic mass is 16.5. The van der Waals surface area contributed by atoms with Gasteiger partial charge in [-0.15, -0.1) is 0 Å². The van der Waals surface area contributed by atoms with E-state index in [0.717, 1.165) is 16.5 Å². The van der Waals surface area contributed by atoms with Crippen molar-refractivity contribution < 1.29 is 14.3 Å². The van der Waals surface area contributed by atoms with Crippen LogP contribution in [0.5, 0.6) is 11.5 Å². The summed E-state index contributed by atoms with van der Waals surface area (Å²) < 4.78 is 11.5. The fourth-order valence-corrected chi connectivity index (χ4v) is 3.80. The number of carbonyl (C=O) groups excluding carboxylic acids is 1. The normalized spacial score (nSPS) is 12.0. The molecule has 1 N–H and O–H groups in total. The van der Waals surface area contributed by atoms with Gasteiger partial charge in [0.1, 0.15) is 18.2 Å². The molecule has 0 saturated carbocycles. The molecule has 5 nitrogen and oxygen atoms in total. The van der Waals surface area contributed by atoms with E-state index in [0.29, 0.717) is 23.7 Å². The monoisotopic (exact) mass is 462 g/mol. The fraction of sp³-hybridized carbons (Fsp3) is 0.133. The Kier molecular flexibility index (Phi) is 7.44. The molecule has 0 aliphatic heterocycles. The van der Waals surface area contributed by atoms with E-state index in [2.05, 4.69) is 29.6 Å². The fourth-order valence-electron chi connectivity index (χ4n) is 3.80. The predicted octanol–water partition coefficient (Wildman–Crippen LogP) is 6.21. The first-order valence-corrected chi connectivity index (χ1v) is 11.3. The second kappa shape index (κ2) is 11.0. The Bertz CT molecular complexity index is 1400. The quantitative estimate of drug-likeness (QED) is 0.250. The van der Waals surface area contributed by atoms with E-state index in [1.54, 1.807) is 31.4 Å². The van der Waals surface area contributed by atoms with Gasteiger partial charge in [-0.25, -0.2) is 0 Å². The Morgan fingerprint density at radius 2 is 1.69 bits per heavy atom. The molecule has 0 heterocycles. The van der Waals surface area contributed by atoms with Crippen LogP contribution >= 0.6 is 0 Å². The molecule has 1 atom stereocenters. The average Bonchev–Trinajstić information content (AvgIpc) is 2.91. The second-order valence-corrected chi connectivity index (χ2v) is 8.16. The van der Waals surface area contributed by atoms with Gasteiger partial charge in [-0.2, -0.15) is 5.26 Å². The highest BCUT2D eigenvalue weighted by molar-refractivity contribution is 6.01. The molecule has 1 amide bonds. The van der Waals surface area contributed by atoms with E-state index in [1.807, 2.05) is 61.5 Å². The van der Waals surface area contributed by atoms with Gasteiger partial charge in [-0.1, -0.05) is 72.8 Å². The first kappa shape index (κ1) is 23.6. The van der Waals surface area contributed by atoms with Gasteiger partial charge in [-0.05, 0) is 58.7 Å². The zero-order valence-corrected chi connectivity index (χ0v) is 19.7. The lowest BCUT2D eigenvalue weighted by atomic mass is 10.1. The summed E-state index contributed by atoms with van der Waals surface area (Å²) in [6.45, 7) is 2.27. The number of nitrogens with zero attached hydrogens (tertiary/aromatic N) is 1. The number of carbonyl (C=O) groups is 1. The summed E-state index contributed by atoms with van der Waals surface area (Å²) >= 11 is 0. The van der Waals surface area contributed by atoms with Crippen LogP contribution in [0.2, 0.25) is 0 Å². The largest absolute Gasteiger partial charge is 0.493 e. The van der Waals surface area contributed by atoms with Crippen LogP contribution in [0.25, 0.3) is 16.8 Å². The summed E-state index contributed by atoms with van der Waals surface area (Å²) in [5.41, 5.74) is 2.69. The number of ether oxygens (including phenoxy) is 2. The summed E-state index contributed by atoms with van der Waals surface area (Å²) in [7, 11) is 1.56. The lowest BCUT2D eigenvalue weighted by molar-refractivity contribution is -0.117. The molecule has 0 radical (unpaired) electrons. The number of hydrogen-bond donors (Lipinski definition) is 1. The predicted molar refractivity (Wildman–Crippen MR) is 138 cm³/mol. The third kappa shape index (κ3) is 5.87. The van der Waals surface area contributed by atoms with Gasteiger partial charge < -0.3 is 14.8 Å². The summed E-state index contributed by atoms with van der Waals surface area (Å²) in [6, 6.07) is 31.1. The van der Waals surface area contributed by atoms with Gasteiger partial charge in [-0.3, -0.25) is 4.79 Å². The van der Waals surface area contributed by atoms with E-state index in [4.69, 9.17) is 9.47 Å². The number of nitrogens with one attached hydrogen (secondary N) is 1. The Balaban J connectivity index is 1.47. The van der Waals surface area contributed by atoms with Crippen LogP contribution in [-0.4, -0.2) is 13.0 Å². The van der Waals surface area contributed by atoms with Crippen molar-refractivity contribution >= 4 is 22.8 Å². The summed E-state index contributed by atoms with van der Waals surface area (Å²) in [5.74, 6) is 0.674. The molecule has 5 heteroatoms. The standard InChI is InChI=1S/C30H26N2O3/c1-21(24-8-4-3-5-9-24)32-30(33)27(19-31)16-22-13-15-28(29(18-22)34-2)35-20-23-12-14-25-10-6-7-11-26(25)17-23/h3-18,21H,20H2,1-2H3,(H,32,33)/b27-16-/t21-/m0/s1. The summed E-state index contributed by atoms with van der Waals surface area (Å²) in [4.78, 5) is 12.7. The zero-order valence-electron chi connectivity index (χ0n) is 19.7. The molecular weight excluding hydrogens is 436 g/mol. The average molecular weight is 463 g/mol. The van der Waals surface area contributed by atoms with Gasteiger partial charge in [0.25, 0.3) is 5.91 Å². The second-order valence-electron chi connectivity index (χ2n) is 8.16. The van der Waals surface area contributed by atoms with Gasteiger partial charge in [0.15, 0.2) is 11.5 Å². The number of methoxy groups -OCH3 is 1. The smallest absolute Gasteiger partial charge is 0.262 e. The molecule has 0 bridgehead atoms. The Labute approximate surface area is 205 Å². The molecule has 0 aliphatic rings. The molecule has 0 aliphatic carbocycles. The van der Waals surface area contributed by atoms with E-state index in [9.17, 15) is 10.1 Å². The Morgan fingerprint density at radius 1 is 0.943 bits per heavy atom. The van der Waals surface area contributed by atoms with Gasteiger partial charge in [0, 0.05) is 0 Å². The van der Waals surface area contributed by atoms with Crippen molar-refractivity contribution in [1.82, 2.24) is 5.32 Å². The van der Waals surface area contributed by atoms with Crippen molar-refractivity contribution in [1.29, 1.82) is 5.26 Å². The molecule has 174 valence electrons. The maximum atomic E-state index is 12.7. The van der Waals surface area contributed by atoms with Gasteiger partial charge in [0.2, 0.25) is 0 Å². The molecule has 35 heavy (non-hydrogen) atoms. The number of nitriles is 1. The molecule has 0 aromatic heterocycles. The minimum Gasteiger partial charge on any atom is -0.493 e. The molecule has 4 aromatic rings. The number of fused-ring (bicyclic) bond motifs is 1. The minimum absolute atomic E-state index is 0.0136. The lowest BCUT2D eigenvalue weighted by Crippen LogP contribution is -2.27. The van der Waals surface area contributed by atoms with E-state index in [1.165, 1.54) is 5.39 Å². The minimum atomic E-state index is -0.431. The SMILES string of the molecule is COc1cc(/C=C(/C#N)C(=O)N[C@@H](C)c2ccccc2)ccc1OCc1ccc2ccccc2c1. The van der Waals surface area contributed by atoms with Crippen molar-refractivity contribution in [2.75, 3.05) is 7.11 Å². The number of rotatable bonds is 8. The van der Waals surface area contributed by atoms with Gasteiger partial charge in [0.05, 0.1) is 13.2 Å². The molecule has 0 fully saturated rings. The van der Waals surface area contributed by atoms with Crippen molar-refractivity contribution in [2.24, 2.45) is 0 Å². The number of hydrogen-bond acceptors (Lipinski definition) is 4. The van der Waals surface area contributed by atoms with Crippen LogP contribution < -0.4 is 14.8 Å². The van der Waals surface area contributed by atoms with Crippen LogP contribution in [0.15, 0.2) is 96.6 Å². The maximum absolute atomic E-state index is 12.7. The van der Waals surface area contributed by atoms with E-state index < -0.39 is 5.91 Å². The molecule has 4 rings (SSSR count). The highest BCUT2D eigenvalue weighted by Crippen LogP contribution is 2.30. The van der Waals surface area contributed by atoms with Crippen LogP contribution in [0.3, 0.4) is 0 Å². The topological polar surface area (TPSA) is 71.3 Å². The lowest BCUT2D eigenvalue weighted by Gasteiger charge is -2.14. The van der Waals surface area contributed by atoms with Crippen molar-refractivity contribution in [3.63, 3.8) is 0 Å². The first-order chi connectivity index (χ1) is 17.1. The third-order valence-electron chi connectivity index (χ3n) is 5.72. The van der Waals surface area contributed by atoms with Gasteiger partial charge >= 0.3 is 0 Å². The maximum Gasteiger partial charge on any atom is 0.262 e. The number of amides is 1. The highest BCUT2D eigenvalue weighted by Gasteiger charge is 2.14. The van der Waals surface area contributed by atoms with Crippen LogP contribution in [0.4, 0.5) is 0 Å². The molecule has 0 saturated heterocycles. The van der Waals surface area contributed by atoms with Crippen molar-refractivity contribution in [3.8, 4) is 17.6 Å². The van der Waals surface area contributed by atoms with Crippen molar-refractivity contribution in [3.05, 3.63) is 113 Å². The molecule has 4 aromatic carbocycles. The van der Waals surface area contributed by atoms with Crippen LogP contribution in [-0.2, 0) is 11.4 Å². The Morgan fingerprint density at radius 3 is 2.43 bits per heavy atom. The zero-order chi connectivity index (χ0) is 24.6.